The van der Waals surface area contributed by atoms with Gasteiger partial charge in [-0.25, -0.2) is 5.10 Å². The SMILES string of the molecule is CN(C)CCCCNC(=O)c1n[nH]c(=O)c2ccccc12. The molecule has 0 aliphatic heterocycles. The fourth-order valence-electron chi connectivity index (χ4n) is 2.13. The number of carbonyl (C=O) groups is 1. The summed E-state index contributed by atoms with van der Waals surface area (Å²) < 4.78 is 0. The van der Waals surface area contributed by atoms with Gasteiger partial charge < -0.3 is 10.2 Å². The van der Waals surface area contributed by atoms with Crippen LogP contribution in [0.5, 0.6) is 0 Å². The molecule has 6 heteroatoms. The van der Waals surface area contributed by atoms with Gasteiger partial charge in [-0.3, -0.25) is 9.59 Å². The van der Waals surface area contributed by atoms with Gasteiger partial charge in [0.15, 0.2) is 5.69 Å². The normalized spacial score (nSPS) is 11.0. The lowest BCUT2D eigenvalue weighted by Crippen LogP contribution is -2.28. The number of nitrogens with zero attached hydrogens (tertiary/aromatic N) is 2. The summed E-state index contributed by atoms with van der Waals surface area (Å²) in [4.78, 5) is 25.9. The van der Waals surface area contributed by atoms with Crippen LogP contribution in [-0.4, -0.2) is 48.2 Å². The van der Waals surface area contributed by atoms with Crippen LogP contribution in [0.2, 0.25) is 0 Å². The lowest BCUT2D eigenvalue weighted by Gasteiger charge is -2.09. The molecule has 0 aliphatic carbocycles. The Balaban J connectivity index is 2.03. The zero-order valence-corrected chi connectivity index (χ0v) is 12.3. The van der Waals surface area contributed by atoms with Crippen LogP contribution in [0.3, 0.4) is 0 Å². The summed E-state index contributed by atoms with van der Waals surface area (Å²) in [5.41, 5.74) is -0.0223. The number of nitrogens with one attached hydrogen (secondary N) is 2. The molecule has 2 aromatic rings. The highest BCUT2D eigenvalue weighted by Crippen LogP contribution is 2.11. The number of unbranched alkanes of at least 4 members (excludes halogenated alkanes) is 1. The predicted molar refractivity (Wildman–Crippen MR) is 82.5 cm³/mol. The largest absolute Gasteiger partial charge is 0.351 e. The number of benzene rings is 1. The van der Waals surface area contributed by atoms with Gasteiger partial charge in [-0.1, -0.05) is 18.2 Å². The van der Waals surface area contributed by atoms with Crippen molar-refractivity contribution in [2.75, 3.05) is 27.2 Å². The quantitative estimate of drug-likeness (QED) is 0.777. The van der Waals surface area contributed by atoms with E-state index in [1.165, 1.54) is 0 Å². The third-order valence-electron chi connectivity index (χ3n) is 3.23. The van der Waals surface area contributed by atoms with Crippen molar-refractivity contribution in [3.63, 3.8) is 0 Å². The topological polar surface area (TPSA) is 78.1 Å². The second kappa shape index (κ2) is 6.99. The molecule has 0 atom stereocenters. The zero-order valence-electron chi connectivity index (χ0n) is 12.3. The third kappa shape index (κ3) is 3.88. The van der Waals surface area contributed by atoms with Crippen molar-refractivity contribution in [1.82, 2.24) is 20.4 Å². The zero-order chi connectivity index (χ0) is 15.2. The molecule has 1 amide bonds. The van der Waals surface area contributed by atoms with E-state index in [9.17, 15) is 9.59 Å². The van der Waals surface area contributed by atoms with E-state index in [2.05, 4.69) is 20.4 Å². The van der Waals surface area contributed by atoms with Crippen molar-refractivity contribution in [3.8, 4) is 0 Å². The fraction of sp³-hybridized carbons (Fsp3) is 0.400. The number of aromatic amines is 1. The number of hydrogen-bond donors (Lipinski definition) is 2. The minimum absolute atomic E-state index is 0.257. The lowest BCUT2D eigenvalue weighted by atomic mass is 10.1. The molecule has 0 saturated heterocycles. The maximum Gasteiger partial charge on any atom is 0.272 e. The first-order valence-corrected chi connectivity index (χ1v) is 7.00. The highest BCUT2D eigenvalue weighted by Gasteiger charge is 2.13. The molecule has 0 aliphatic rings. The Hall–Kier alpha value is -2.21. The number of fused-ring (bicyclic) bond motifs is 1. The number of amides is 1. The molecule has 21 heavy (non-hydrogen) atoms. The third-order valence-corrected chi connectivity index (χ3v) is 3.23. The van der Waals surface area contributed by atoms with E-state index in [0.717, 1.165) is 19.4 Å². The number of hydrogen-bond acceptors (Lipinski definition) is 4. The van der Waals surface area contributed by atoms with Crippen molar-refractivity contribution in [1.29, 1.82) is 0 Å². The summed E-state index contributed by atoms with van der Waals surface area (Å²) >= 11 is 0. The van der Waals surface area contributed by atoms with Gasteiger partial charge in [-0.15, -0.1) is 0 Å². The van der Waals surface area contributed by atoms with Crippen molar-refractivity contribution < 1.29 is 4.79 Å². The highest BCUT2D eigenvalue weighted by atomic mass is 16.2. The van der Waals surface area contributed by atoms with Crippen LogP contribution in [0, 0.1) is 0 Å². The molecule has 112 valence electrons. The minimum Gasteiger partial charge on any atom is -0.351 e. The van der Waals surface area contributed by atoms with Gasteiger partial charge >= 0.3 is 0 Å². The highest BCUT2D eigenvalue weighted by molar-refractivity contribution is 6.04. The van der Waals surface area contributed by atoms with Crippen molar-refractivity contribution >= 4 is 16.7 Å². The first kappa shape index (κ1) is 15.2. The van der Waals surface area contributed by atoms with Crippen LogP contribution in [-0.2, 0) is 0 Å². The van der Waals surface area contributed by atoms with Crippen LogP contribution in [0.25, 0.3) is 10.8 Å². The monoisotopic (exact) mass is 288 g/mol. The number of H-pyrrole nitrogens is 1. The average Bonchev–Trinajstić information content (AvgIpc) is 2.47. The molecule has 2 rings (SSSR count). The van der Waals surface area contributed by atoms with Gasteiger partial charge in [0, 0.05) is 11.9 Å². The van der Waals surface area contributed by atoms with Gasteiger partial charge in [0.25, 0.3) is 11.5 Å². The Morgan fingerprint density at radius 3 is 2.67 bits per heavy atom. The predicted octanol–water partition coefficient (Wildman–Crippen LogP) is 0.995. The Bertz CT molecular complexity index is 679. The maximum atomic E-state index is 12.2. The number of rotatable bonds is 6. The van der Waals surface area contributed by atoms with Gasteiger partial charge in [-0.05, 0) is 39.5 Å². The van der Waals surface area contributed by atoms with Crippen molar-refractivity contribution in [3.05, 3.63) is 40.3 Å². The molecule has 0 fully saturated rings. The van der Waals surface area contributed by atoms with Gasteiger partial charge in [-0.2, -0.15) is 5.10 Å². The number of carbonyl (C=O) groups excluding carboxylic acids is 1. The van der Waals surface area contributed by atoms with Gasteiger partial charge in [0.2, 0.25) is 0 Å². The second-order valence-corrected chi connectivity index (χ2v) is 5.21. The van der Waals surface area contributed by atoms with E-state index in [0.29, 0.717) is 17.3 Å². The maximum absolute atomic E-state index is 12.2. The van der Waals surface area contributed by atoms with E-state index in [-0.39, 0.29) is 17.2 Å². The van der Waals surface area contributed by atoms with Crippen LogP contribution >= 0.6 is 0 Å². The van der Waals surface area contributed by atoms with Crippen molar-refractivity contribution in [2.24, 2.45) is 0 Å². The van der Waals surface area contributed by atoms with Crippen LogP contribution in [0.4, 0.5) is 0 Å². The standard InChI is InChI=1S/C15H20N4O2/c1-19(2)10-6-5-9-16-15(21)13-11-7-3-4-8-12(11)14(20)18-17-13/h3-4,7-8H,5-6,9-10H2,1-2H3,(H,16,21)(H,18,20). The first-order valence-electron chi connectivity index (χ1n) is 7.00. The van der Waals surface area contributed by atoms with E-state index in [4.69, 9.17) is 0 Å². The number of aromatic nitrogens is 2. The van der Waals surface area contributed by atoms with E-state index in [1.54, 1.807) is 24.3 Å². The smallest absolute Gasteiger partial charge is 0.272 e. The molecule has 2 N–H and O–H groups in total. The molecular formula is C15H20N4O2. The Morgan fingerprint density at radius 1 is 1.24 bits per heavy atom. The Labute approximate surface area is 123 Å². The molecule has 1 aromatic carbocycles. The summed E-state index contributed by atoms with van der Waals surface area (Å²) in [6.07, 6.45) is 1.93. The average molecular weight is 288 g/mol. The van der Waals surface area contributed by atoms with Gasteiger partial charge in [0.1, 0.15) is 0 Å². The summed E-state index contributed by atoms with van der Waals surface area (Å²) in [5, 5.41) is 10.1. The molecule has 1 heterocycles. The van der Waals surface area contributed by atoms with E-state index >= 15 is 0 Å². The molecular weight excluding hydrogens is 268 g/mol. The van der Waals surface area contributed by atoms with E-state index in [1.807, 2.05) is 14.1 Å². The van der Waals surface area contributed by atoms with E-state index < -0.39 is 0 Å². The minimum atomic E-state index is -0.284. The fourth-order valence-corrected chi connectivity index (χ4v) is 2.13. The molecule has 6 nitrogen and oxygen atoms in total. The molecule has 0 saturated carbocycles. The molecule has 0 radical (unpaired) electrons. The Kier molecular flexibility index (Phi) is 5.05. The van der Waals surface area contributed by atoms with Crippen LogP contribution in [0.1, 0.15) is 23.3 Å². The summed E-state index contributed by atoms with van der Waals surface area (Å²) in [7, 11) is 4.05. The molecule has 0 spiro atoms. The first-order chi connectivity index (χ1) is 10.1. The molecule has 1 aromatic heterocycles. The van der Waals surface area contributed by atoms with Crippen molar-refractivity contribution in [2.45, 2.75) is 12.8 Å². The molecule has 0 bridgehead atoms. The van der Waals surface area contributed by atoms with Crippen LogP contribution in [0.15, 0.2) is 29.1 Å². The van der Waals surface area contributed by atoms with Crippen LogP contribution < -0.4 is 10.9 Å². The Morgan fingerprint density at radius 2 is 1.95 bits per heavy atom. The second-order valence-electron chi connectivity index (χ2n) is 5.21. The van der Waals surface area contributed by atoms with Gasteiger partial charge in [0.05, 0.1) is 5.39 Å². The lowest BCUT2D eigenvalue weighted by molar-refractivity contribution is 0.0948. The summed E-state index contributed by atoms with van der Waals surface area (Å²) in [5.74, 6) is -0.257. The summed E-state index contributed by atoms with van der Waals surface area (Å²) in [6.45, 7) is 1.59. The summed E-state index contributed by atoms with van der Waals surface area (Å²) in [6, 6.07) is 6.97. The molecule has 0 unspecified atom stereocenters.